The molecule has 2 aromatic rings. The number of nitriles is 1. The van der Waals surface area contributed by atoms with E-state index in [4.69, 9.17) is 0 Å². The lowest BCUT2D eigenvalue weighted by molar-refractivity contribution is 0.223. The third kappa shape index (κ3) is 9.02. The molecule has 1 aliphatic carbocycles. The summed E-state index contributed by atoms with van der Waals surface area (Å²) in [5, 5.41) is 9.95. The van der Waals surface area contributed by atoms with Crippen LogP contribution >= 0.6 is 0 Å². The molecule has 0 N–H and O–H groups in total. The van der Waals surface area contributed by atoms with Gasteiger partial charge in [0.25, 0.3) is 0 Å². The summed E-state index contributed by atoms with van der Waals surface area (Å²) in [7, 11) is 0. The van der Waals surface area contributed by atoms with Crippen LogP contribution in [0.4, 0.5) is 0 Å². The van der Waals surface area contributed by atoms with Gasteiger partial charge >= 0.3 is 0 Å². The fourth-order valence-electron chi connectivity index (χ4n) is 5.81. The Kier molecular flexibility index (Phi) is 12.5. The number of benzene rings is 1. The Morgan fingerprint density at radius 1 is 0.778 bits per heavy atom. The van der Waals surface area contributed by atoms with Crippen molar-refractivity contribution in [2.45, 2.75) is 135 Å². The number of hydrogen-bond donors (Lipinski definition) is 0. The highest BCUT2D eigenvalue weighted by molar-refractivity contribution is 5.55. The summed E-state index contributed by atoms with van der Waals surface area (Å²) in [6.45, 7) is 4.53. The average molecular weight is 488 g/mol. The van der Waals surface area contributed by atoms with Crippen molar-refractivity contribution in [2.24, 2.45) is 5.41 Å². The van der Waals surface area contributed by atoms with Crippen LogP contribution in [0.25, 0.3) is 11.4 Å². The van der Waals surface area contributed by atoms with E-state index in [2.05, 4.69) is 54.2 Å². The molecule has 3 nitrogen and oxygen atoms in total. The number of hydrogen-bond acceptors (Lipinski definition) is 3. The van der Waals surface area contributed by atoms with Gasteiger partial charge in [-0.2, -0.15) is 5.26 Å². The first-order valence-electron chi connectivity index (χ1n) is 15.0. The Labute approximate surface area is 221 Å². The molecule has 1 aromatic heterocycles. The standard InChI is InChI=1S/C33H49N3/c1-3-5-7-9-11-13-15-28-25-35-32(36-26-28)31-18-16-29(17-19-31)30-20-23-33(27-34,24-21-30)22-14-12-10-8-6-4-2/h16-19,25-26,30H,3-15,20-24H2,1-2H3/t30-,33-. The van der Waals surface area contributed by atoms with Gasteiger partial charge in [0.15, 0.2) is 5.82 Å². The van der Waals surface area contributed by atoms with Gasteiger partial charge in [0.05, 0.1) is 11.5 Å². The fraction of sp³-hybridized carbons (Fsp3) is 0.667. The van der Waals surface area contributed by atoms with Crippen molar-refractivity contribution in [3.8, 4) is 17.5 Å². The van der Waals surface area contributed by atoms with Gasteiger partial charge in [0.1, 0.15) is 0 Å². The molecule has 0 amide bonds. The van der Waals surface area contributed by atoms with Gasteiger partial charge in [-0.1, -0.05) is 109 Å². The third-order valence-corrected chi connectivity index (χ3v) is 8.35. The molecule has 0 spiro atoms. The summed E-state index contributed by atoms with van der Waals surface area (Å²) in [6.07, 6.45) is 26.3. The van der Waals surface area contributed by atoms with Crippen LogP contribution in [0.15, 0.2) is 36.7 Å². The second kappa shape index (κ2) is 15.8. The molecule has 1 aliphatic rings. The van der Waals surface area contributed by atoms with Crippen LogP contribution in [0.1, 0.15) is 140 Å². The van der Waals surface area contributed by atoms with E-state index in [0.717, 1.165) is 49.9 Å². The van der Waals surface area contributed by atoms with Crippen LogP contribution in [0.2, 0.25) is 0 Å². The molecule has 1 heterocycles. The molecule has 1 fully saturated rings. The molecular weight excluding hydrogens is 438 g/mol. The second-order valence-corrected chi connectivity index (χ2v) is 11.2. The molecule has 36 heavy (non-hydrogen) atoms. The van der Waals surface area contributed by atoms with Gasteiger partial charge in [0.2, 0.25) is 0 Å². The van der Waals surface area contributed by atoms with E-state index >= 15 is 0 Å². The Morgan fingerprint density at radius 2 is 1.33 bits per heavy atom. The van der Waals surface area contributed by atoms with Crippen LogP contribution in [-0.4, -0.2) is 9.97 Å². The van der Waals surface area contributed by atoms with Crippen LogP contribution in [-0.2, 0) is 6.42 Å². The molecular formula is C33H49N3. The molecule has 0 atom stereocenters. The number of aromatic nitrogens is 2. The van der Waals surface area contributed by atoms with E-state index in [-0.39, 0.29) is 5.41 Å². The van der Waals surface area contributed by atoms with Crippen LogP contribution < -0.4 is 0 Å². The van der Waals surface area contributed by atoms with Crippen LogP contribution in [0.3, 0.4) is 0 Å². The summed E-state index contributed by atoms with van der Waals surface area (Å²) < 4.78 is 0. The zero-order valence-corrected chi connectivity index (χ0v) is 23.1. The Bertz CT molecular complexity index is 886. The number of rotatable bonds is 16. The van der Waals surface area contributed by atoms with E-state index in [9.17, 15) is 5.26 Å². The molecule has 3 heteroatoms. The minimum atomic E-state index is -0.0771. The zero-order chi connectivity index (χ0) is 25.5. The summed E-state index contributed by atoms with van der Waals surface area (Å²) in [5.41, 5.74) is 3.67. The van der Waals surface area contributed by atoms with Crippen LogP contribution in [0.5, 0.6) is 0 Å². The van der Waals surface area contributed by atoms with E-state index in [1.54, 1.807) is 0 Å². The smallest absolute Gasteiger partial charge is 0.159 e. The number of nitrogens with zero attached hydrogens (tertiary/aromatic N) is 3. The highest BCUT2D eigenvalue weighted by atomic mass is 14.9. The van der Waals surface area contributed by atoms with Gasteiger partial charge in [0, 0.05) is 18.0 Å². The highest BCUT2D eigenvalue weighted by Crippen LogP contribution is 2.45. The molecule has 3 rings (SSSR count). The van der Waals surface area contributed by atoms with Crippen molar-refractivity contribution < 1.29 is 0 Å². The minimum absolute atomic E-state index is 0.0771. The van der Waals surface area contributed by atoms with Gasteiger partial charge in [-0.05, 0) is 62.0 Å². The normalized spacial score (nSPS) is 19.8. The predicted octanol–water partition coefficient (Wildman–Crippen LogP) is 9.96. The molecule has 0 aliphatic heterocycles. The second-order valence-electron chi connectivity index (χ2n) is 11.2. The summed E-state index contributed by atoms with van der Waals surface area (Å²) >= 11 is 0. The van der Waals surface area contributed by atoms with E-state index in [0.29, 0.717) is 5.92 Å². The van der Waals surface area contributed by atoms with E-state index in [1.807, 2.05) is 12.4 Å². The molecule has 0 radical (unpaired) electrons. The zero-order valence-electron chi connectivity index (χ0n) is 23.1. The SMILES string of the molecule is CCCCCCCCc1cnc(-c2ccc([C@H]3CC[C@@](C#N)(CCCCCCCC)CC3)cc2)nc1. The third-order valence-electron chi connectivity index (χ3n) is 8.35. The van der Waals surface area contributed by atoms with Gasteiger partial charge < -0.3 is 0 Å². The van der Waals surface area contributed by atoms with Crippen molar-refractivity contribution in [1.82, 2.24) is 9.97 Å². The number of aryl methyl sites for hydroxylation is 1. The molecule has 0 bridgehead atoms. The molecule has 1 aromatic carbocycles. The lowest BCUT2D eigenvalue weighted by Gasteiger charge is -2.35. The van der Waals surface area contributed by atoms with Crippen molar-refractivity contribution in [2.75, 3.05) is 0 Å². The van der Waals surface area contributed by atoms with Gasteiger partial charge in [-0.3, -0.25) is 0 Å². The van der Waals surface area contributed by atoms with E-state index < -0.39 is 0 Å². The van der Waals surface area contributed by atoms with Crippen LogP contribution in [0, 0.1) is 16.7 Å². The monoisotopic (exact) mass is 487 g/mol. The summed E-state index contributed by atoms with van der Waals surface area (Å²) in [4.78, 5) is 9.31. The van der Waals surface area contributed by atoms with Crippen molar-refractivity contribution >= 4 is 0 Å². The lowest BCUT2D eigenvalue weighted by Crippen LogP contribution is -2.25. The maximum absolute atomic E-state index is 9.95. The first-order valence-corrected chi connectivity index (χ1v) is 15.0. The van der Waals surface area contributed by atoms with Gasteiger partial charge in [-0.15, -0.1) is 0 Å². The average Bonchev–Trinajstić information content (AvgIpc) is 2.93. The topological polar surface area (TPSA) is 49.6 Å². The molecule has 1 saturated carbocycles. The maximum Gasteiger partial charge on any atom is 0.159 e. The summed E-state index contributed by atoms with van der Waals surface area (Å²) in [6, 6.07) is 11.6. The minimum Gasteiger partial charge on any atom is -0.236 e. The fourth-order valence-corrected chi connectivity index (χ4v) is 5.81. The van der Waals surface area contributed by atoms with Crippen molar-refractivity contribution in [3.05, 3.63) is 47.8 Å². The number of unbranched alkanes of at least 4 members (excludes halogenated alkanes) is 10. The first-order chi connectivity index (χ1) is 17.7. The van der Waals surface area contributed by atoms with Crippen molar-refractivity contribution in [1.29, 1.82) is 5.26 Å². The lowest BCUT2D eigenvalue weighted by atomic mass is 9.67. The van der Waals surface area contributed by atoms with E-state index in [1.165, 1.54) is 88.2 Å². The first kappa shape index (κ1) is 28.4. The molecule has 196 valence electrons. The van der Waals surface area contributed by atoms with Gasteiger partial charge in [-0.25, -0.2) is 9.97 Å². The Morgan fingerprint density at radius 3 is 1.92 bits per heavy atom. The van der Waals surface area contributed by atoms with Crippen molar-refractivity contribution in [3.63, 3.8) is 0 Å². The quantitative estimate of drug-likeness (QED) is 0.221. The molecule has 0 unspecified atom stereocenters. The largest absolute Gasteiger partial charge is 0.236 e. The maximum atomic E-state index is 9.95. The Balaban J connectivity index is 1.44. The molecule has 0 saturated heterocycles. The highest BCUT2D eigenvalue weighted by Gasteiger charge is 2.35. The Hall–Kier alpha value is -2.21. The predicted molar refractivity (Wildman–Crippen MR) is 152 cm³/mol. The summed E-state index contributed by atoms with van der Waals surface area (Å²) in [5.74, 6) is 1.39.